The SMILES string of the molecule is Cc1ccc(CN(CCCN2CCOCC2)C(=S)Nc2cccc(C(F)(F)F)c2)cc1. The number of alkyl halides is 3. The summed E-state index contributed by atoms with van der Waals surface area (Å²) < 4.78 is 44.5. The highest BCUT2D eigenvalue weighted by Crippen LogP contribution is 2.30. The van der Waals surface area contributed by atoms with Crippen LogP contribution in [0.1, 0.15) is 23.1 Å². The average molecular weight is 452 g/mol. The maximum absolute atomic E-state index is 13.0. The van der Waals surface area contributed by atoms with Crippen molar-refractivity contribution in [3.05, 3.63) is 65.2 Å². The van der Waals surface area contributed by atoms with Crippen molar-refractivity contribution in [1.29, 1.82) is 0 Å². The molecule has 2 aromatic rings. The molecule has 0 aromatic heterocycles. The Morgan fingerprint density at radius 2 is 1.84 bits per heavy atom. The quantitative estimate of drug-likeness (QED) is 0.603. The van der Waals surface area contributed by atoms with Gasteiger partial charge in [0.25, 0.3) is 0 Å². The van der Waals surface area contributed by atoms with Crippen molar-refractivity contribution < 1.29 is 17.9 Å². The fourth-order valence-electron chi connectivity index (χ4n) is 3.45. The topological polar surface area (TPSA) is 27.7 Å². The number of thiocarbonyl (C=S) groups is 1. The highest BCUT2D eigenvalue weighted by molar-refractivity contribution is 7.80. The summed E-state index contributed by atoms with van der Waals surface area (Å²) in [5, 5.41) is 3.42. The molecule has 4 nitrogen and oxygen atoms in total. The van der Waals surface area contributed by atoms with Crippen LogP contribution in [0, 0.1) is 6.92 Å². The van der Waals surface area contributed by atoms with E-state index in [0.29, 0.717) is 23.9 Å². The Bertz CT molecular complexity index is 852. The number of ether oxygens (including phenoxy) is 1. The van der Waals surface area contributed by atoms with Crippen molar-refractivity contribution in [2.75, 3.05) is 44.7 Å². The molecule has 0 radical (unpaired) electrons. The van der Waals surface area contributed by atoms with Gasteiger partial charge in [-0.05, 0) is 49.3 Å². The maximum Gasteiger partial charge on any atom is 0.416 e. The van der Waals surface area contributed by atoms with E-state index in [-0.39, 0.29) is 0 Å². The fourth-order valence-corrected chi connectivity index (χ4v) is 3.73. The summed E-state index contributed by atoms with van der Waals surface area (Å²) in [6.07, 6.45) is -3.49. The molecule has 0 saturated carbocycles. The molecule has 0 spiro atoms. The molecule has 0 bridgehead atoms. The van der Waals surface area contributed by atoms with Gasteiger partial charge in [-0.1, -0.05) is 35.9 Å². The lowest BCUT2D eigenvalue weighted by Crippen LogP contribution is -2.40. The van der Waals surface area contributed by atoms with Gasteiger partial charge in [-0.15, -0.1) is 0 Å². The minimum atomic E-state index is -4.39. The Balaban J connectivity index is 1.66. The van der Waals surface area contributed by atoms with Crippen LogP contribution in [0.15, 0.2) is 48.5 Å². The summed E-state index contributed by atoms with van der Waals surface area (Å²) in [4.78, 5) is 4.37. The normalized spacial score (nSPS) is 15.0. The van der Waals surface area contributed by atoms with Gasteiger partial charge in [0.05, 0.1) is 18.8 Å². The zero-order valence-corrected chi connectivity index (χ0v) is 18.4. The van der Waals surface area contributed by atoms with E-state index < -0.39 is 11.7 Å². The lowest BCUT2D eigenvalue weighted by Gasteiger charge is -2.30. The molecule has 31 heavy (non-hydrogen) atoms. The van der Waals surface area contributed by atoms with E-state index >= 15 is 0 Å². The molecule has 1 N–H and O–H groups in total. The Kier molecular flexibility index (Phi) is 8.28. The molecule has 0 aliphatic carbocycles. The van der Waals surface area contributed by atoms with Crippen molar-refractivity contribution in [2.24, 2.45) is 0 Å². The highest BCUT2D eigenvalue weighted by atomic mass is 32.1. The van der Waals surface area contributed by atoms with Crippen LogP contribution >= 0.6 is 12.2 Å². The van der Waals surface area contributed by atoms with Crippen LogP contribution in [0.3, 0.4) is 0 Å². The summed E-state index contributed by atoms with van der Waals surface area (Å²) in [5.41, 5.74) is 1.91. The van der Waals surface area contributed by atoms with Crippen LogP contribution in [0.5, 0.6) is 0 Å². The zero-order valence-electron chi connectivity index (χ0n) is 17.6. The molecule has 1 aliphatic heterocycles. The summed E-state index contributed by atoms with van der Waals surface area (Å²) >= 11 is 5.59. The molecule has 1 saturated heterocycles. The summed E-state index contributed by atoms with van der Waals surface area (Å²) in [5.74, 6) is 0. The number of nitrogens with zero attached hydrogens (tertiary/aromatic N) is 2. The number of rotatable bonds is 7. The van der Waals surface area contributed by atoms with Crippen LogP contribution < -0.4 is 5.32 Å². The van der Waals surface area contributed by atoms with Crippen LogP contribution in [0.2, 0.25) is 0 Å². The van der Waals surface area contributed by atoms with Gasteiger partial charge in [0, 0.05) is 38.4 Å². The number of morpholine rings is 1. The predicted octanol–water partition coefficient (Wildman–Crippen LogP) is 4.94. The smallest absolute Gasteiger partial charge is 0.379 e. The first-order chi connectivity index (χ1) is 14.8. The largest absolute Gasteiger partial charge is 0.416 e. The Hall–Kier alpha value is -2.16. The Labute approximate surface area is 187 Å². The standard InChI is InChI=1S/C23H28F3N3OS/c1-18-6-8-19(9-7-18)17-29(11-3-10-28-12-14-30-15-13-28)22(31)27-21-5-2-4-20(16-21)23(24,25)26/h2,4-9,16H,3,10-15,17H2,1H3,(H,27,31). The second-order valence-electron chi connectivity index (χ2n) is 7.72. The minimum absolute atomic E-state index is 0.335. The van der Waals surface area contributed by atoms with E-state index in [1.54, 1.807) is 6.07 Å². The highest BCUT2D eigenvalue weighted by Gasteiger charge is 2.30. The summed E-state index contributed by atoms with van der Waals surface area (Å²) in [7, 11) is 0. The van der Waals surface area contributed by atoms with E-state index in [9.17, 15) is 13.2 Å². The molecule has 1 fully saturated rings. The molecule has 0 unspecified atom stereocenters. The zero-order chi connectivity index (χ0) is 22.3. The van der Waals surface area contributed by atoms with Gasteiger partial charge in [0.15, 0.2) is 5.11 Å². The molecule has 0 amide bonds. The van der Waals surface area contributed by atoms with Gasteiger partial charge in [0.1, 0.15) is 0 Å². The molecule has 0 atom stereocenters. The van der Waals surface area contributed by atoms with Gasteiger partial charge < -0.3 is 15.0 Å². The Morgan fingerprint density at radius 1 is 1.13 bits per heavy atom. The van der Waals surface area contributed by atoms with Crippen LogP contribution in [-0.4, -0.2) is 54.3 Å². The van der Waals surface area contributed by atoms with E-state index in [4.69, 9.17) is 17.0 Å². The first-order valence-electron chi connectivity index (χ1n) is 10.4. The van der Waals surface area contributed by atoms with E-state index in [1.165, 1.54) is 11.6 Å². The van der Waals surface area contributed by atoms with Crippen molar-refractivity contribution in [1.82, 2.24) is 9.80 Å². The number of nitrogens with one attached hydrogen (secondary N) is 1. The van der Waals surface area contributed by atoms with Crippen LogP contribution in [0.4, 0.5) is 18.9 Å². The van der Waals surface area contributed by atoms with Crippen molar-refractivity contribution in [3.63, 3.8) is 0 Å². The van der Waals surface area contributed by atoms with Gasteiger partial charge in [-0.3, -0.25) is 4.90 Å². The number of hydrogen-bond donors (Lipinski definition) is 1. The second kappa shape index (κ2) is 10.9. The third-order valence-corrected chi connectivity index (χ3v) is 5.59. The first-order valence-corrected chi connectivity index (χ1v) is 10.8. The first kappa shape index (κ1) is 23.5. The third kappa shape index (κ3) is 7.48. The van der Waals surface area contributed by atoms with Gasteiger partial charge in [-0.25, -0.2) is 0 Å². The number of aryl methyl sites for hydroxylation is 1. The number of halogens is 3. The van der Waals surface area contributed by atoms with Crippen molar-refractivity contribution >= 4 is 23.0 Å². The molecule has 8 heteroatoms. The van der Waals surface area contributed by atoms with Crippen molar-refractivity contribution in [3.8, 4) is 0 Å². The van der Waals surface area contributed by atoms with Crippen molar-refractivity contribution in [2.45, 2.75) is 26.1 Å². The number of benzene rings is 2. The minimum Gasteiger partial charge on any atom is -0.379 e. The number of hydrogen-bond acceptors (Lipinski definition) is 3. The summed E-state index contributed by atoms with van der Waals surface area (Å²) in [6.45, 7) is 7.61. The van der Waals surface area contributed by atoms with Gasteiger partial charge in [0.2, 0.25) is 0 Å². The molecule has 2 aromatic carbocycles. The summed E-state index contributed by atoms with van der Waals surface area (Å²) in [6, 6.07) is 13.3. The average Bonchev–Trinajstić information content (AvgIpc) is 2.75. The molecular weight excluding hydrogens is 423 g/mol. The lowest BCUT2D eigenvalue weighted by molar-refractivity contribution is -0.137. The molecule has 168 valence electrons. The molecular formula is C23H28F3N3OS. The lowest BCUT2D eigenvalue weighted by atomic mass is 10.1. The maximum atomic E-state index is 13.0. The van der Waals surface area contributed by atoms with Gasteiger partial charge in [-0.2, -0.15) is 13.2 Å². The van der Waals surface area contributed by atoms with Crippen LogP contribution in [0.25, 0.3) is 0 Å². The van der Waals surface area contributed by atoms with Gasteiger partial charge >= 0.3 is 6.18 Å². The third-order valence-electron chi connectivity index (χ3n) is 5.23. The second-order valence-corrected chi connectivity index (χ2v) is 8.11. The molecule has 1 aliphatic rings. The van der Waals surface area contributed by atoms with E-state index in [0.717, 1.165) is 57.0 Å². The molecule has 1 heterocycles. The molecule has 3 rings (SSSR count). The number of anilines is 1. The fraction of sp³-hybridized carbons (Fsp3) is 0.435. The van der Waals surface area contributed by atoms with Crippen LogP contribution in [-0.2, 0) is 17.5 Å². The Morgan fingerprint density at radius 3 is 2.52 bits per heavy atom. The predicted molar refractivity (Wildman–Crippen MR) is 121 cm³/mol. The van der Waals surface area contributed by atoms with E-state index in [1.807, 2.05) is 24.0 Å². The van der Waals surface area contributed by atoms with E-state index in [2.05, 4.69) is 22.3 Å². The monoisotopic (exact) mass is 451 g/mol.